The number of nitrogens with one attached hydrogen (secondary N) is 2. The highest BCUT2D eigenvalue weighted by Gasteiger charge is 2.19. The number of hydrogen-bond acceptors (Lipinski definition) is 2. The van der Waals surface area contributed by atoms with Crippen LogP contribution in [0.5, 0.6) is 0 Å². The van der Waals surface area contributed by atoms with Crippen LogP contribution in [0.3, 0.4) is 0 Å². The molecule has 0 radical (unpaired) electrons. The number of benzene rings is 1. The van der Waals surface area contributed by atoms with Gasteiger partial charge in [0.25, 0.3) is 0 Å². The summed E-state index contributed by atoms with van der Waals surface area (Å²) < 4.78 is 1.17. The molecule has 0 heterocycles. The Labute approximate surface area is 112 Å². The van der Waals surface area contributed by atoms with Gasteiger partial charge in [0.05, 0.1) is 0 Å². The van der Waals surface area contributed by atoms with E-state index in [-0.39, 0.29) is 0 Å². The van der Waals surface area contributed by atoms with E-state index < -0.39 is 0 Å². The molecule has 1 fully saturated rings. The standard InChI is InChI=1S/C14H21BrN2/c15-13-4-1-3-12(11-13)7-10-16-8-2-9-17-14-5-6-14/h1,3-4,11,14,16-17H,2,5-10H2. The normalized spacial score (nSPS) is 15.1. The van der Waals surface area contributed by atoms with Gasteiger partial charge in [-0.05, 0) is 63.0 Å². The molecule has 0 saturated heterocycles. The van der Waals surface area contributed by atoms with Crippen molar-refractivity contribution in [2.24, 2.45) is 0 Å². The smallest absolute Gasteiger partial charge is 0.0178 e. The van der Waals surface area contributed by atoms with Gasteiger partial charge in [-0.15, -0.1) is 0 Å². The van der Waals surface area contributed by atoms with Crippen molar-refractivity contribution in [2.75, 3.05) is 19.6 Å². The molecule has 0 amide bonds. The molecule has 2 rings (SSSR count). The molecule has 0 unspecified atom stereocenters. The first kappa shape index (κ1) is 13.1. The Hall–Kier alpha value is -0.380. The van der Waals surface area contributed by atoms with E-state index in [0.29, 0.717) is 0 Å². The fraction of sp³-hybridized carbons (Fsp3) is 0.571. The zero-order valence-electron chi connectivity index (χ0n) is 10.2. The average molecular weight is 297 g/mol. The van der Waals surface area contributed by atoms with Gasteiger partial charge in [0.2, 0.25) is 0 Å². The maximum atomic E-state index is 3.53. The summed E-state index contributed by atoms with van der Waals surface area (Å²) in [6, 6.07) is 9.38. The average Bonchev–Trinajstić information content (AvgIpc) is 3.12. The summed E-state index contributed by atoms with van der Waals surface area (Å²) in [5.74, 6) is 0. The third-order valence-electron chi connectivity index (χ3n) is 3.02. The molecule has 0 aliphatic heterocycles. The van der Waals surface area contributed by atoms with E-state index in [1.807, 2.05) is 0 Å². The highest BCUT2D eigenvalue weighted by molar-refractivity contribution is 9.10. The van der Waals surface area contributed by atoms with Gasteiger partial charge >= 0.3 is 0 Å². The molecule has 94 valence electrons. The van der Waals surface area contributed by atoms with E-state index in [9.17, 15) is 0 Å². The second-order valence-electron chi connectivity index (χ2n) is 4.71. The molecule has 1 aliphatic carbocycles. The first-order valence-electron chi connectivity index (χ1n) is 6.53. The molecule has 0 aromatic heterocycles. The van der Waals surface area contributed by atoms with Gasteiger partial charge < -0.3 is 10.6 Å². The van der Waals surface area contributed by atoms with Crippen LogP contribution in [0.25, 0.3) is 0 Å². The zero-order chi connectivity index (χ0) is 11.9. The molecule has 1 aliphatic rings. The molecule has 1 aromatic rings. The van der Waals surface area contributed by atoms with Gasteiger partial charge in [-0.25, -0.2) is 0 Å². The lowest BCUT2D eigenvalue weighted by Crippen LogP contribution is -2.24. The Morgan fingerprint density at radius 1 is 1.18 bits per heavy atom. The van der Waals surface area contributed by atoms with Gasteiger partial charge in [0.1, 0.15) is 0 Å². The minimum Gasteiger partial charge on any atom is -0.316 e. The largest absolute Gasteiger partial charge is 0.316 e. The van der Waals surface area contributed by atoms with Crippen LogP contribution in [0.1, 0.15) is 24.8 Å². The van der Waals surface area contributed by atoms with Crippen LogP contribution in [0.4, 0.5) is 0 Å². The third kappa shape index (κ3) is 5.66. The summed E-state index contributed by atoms with van der Waals surface area (Å²) in [6.45, 7) is 3.35. The Balaban J connectivity index is 1.47. The van der Waals surface area contributed by atoms with E-state index in [0.717, 1.165) is 32.1 Å². The van der Waals surface area contributed by atoms with E-state index in [2.05, 4.69) is 50.8 Å². The summed E-state index contributed by atoms with van der Waals surface area (Å²) >= 11 is 3.50. The van der Waals surface area contributed by atoms with E-state index in [1.54, 1.807) is 0 Å². The molecule has 0 bridgehead atoms. The molecule has 1 saturated carbocycles. The summed E-state index contributed by atoms with van der Waals surface area (Å²) in [5, 5.41) is 7.02. The number of hydrogen-bond donors (Lipinski definition) is 2. The van der Waals surface area contributed by atoms with Crippen molar-refractivity contribution in [3.63, 3.8) is 0 Å². The van der Waals surface area contributed by atoms with Crippen LogP contribution in [0.2, 0.25) is 0 Å². The molecule has 0 spiro atoms. The van der Waals surface area contributed by atoms with Gasteiger partial charge in [-0.3, -0.25) is 0 Å². The highest BCUT2D eigenvalue weighted by Crippen LogP contribution is 2.18. The van der Waals surface area contributed by atoms with Gasteiger partial charge in [-0.2, -0.15) is 0 Å². The maximum absolute atomic E-state index is 3.53. The van der Waals surface area contributed by atoms with Crippen molar-refractivity contribution >= 4 is 15.9 Å². The molecule has 2 N–H and O–H groups in total. The fourth-order valence-electron chi connectivity index (χ4n) is 1.86. The quantitative estimate of drug-likeness (QED) is 0.721. The summed E-state index contributed by atoms with van der Waals surface area (Å²) in [7, 11) is 0. The monoisotopic (exact) mass is 296 g/mol. The predicted molar refractivity (Wildman–Crippen MR) is 76.4 cm³/mol. The SMILES string of the molecule is Brc1cccc(CCNCCCNC2CC2)c1. The van der Waals surface area contributed by atoms with Gasteiger partial charge in [-0.1, -0.05) is 28.1 Å². The first-order valence-corrected chi connectivity index (χ1v) is 7.32. The minimum absolute atomic E-state index is 0.844. The lowest BCUT2D eigenvalue weighted by Gasteiger charge is -2.06. The zero-order valence-corrected chi connectivity index (χ0v) is 11.8. The van der Waals surface area contributed by atoms with Crippen LogP contribution in [0, 0.1) is 0 Å². The number of rotatable bonds is 8. The highest BCUT2D eigenvalue weighted by atomic mass is 79.9. The second-order valence-corrected chi connectivity index (χ2v) is 5.63. The molecule has 1 aromatic carbocycles. The van der Waals surface area contributed by atoms with Crippen LogP contribution in [0.15, 0.2) is 28.7 Å². The van der Waals surface area contributed by atoms with Crippen molar-refractivity contribution in [1.29, 1.82) is 0 Å². The van der Waals surface area contributed by atoms with Crippen molar-refractivity contribution in [1.82, 2.24) is 10.6 Å². The summed E-state index contributed by atoms with van der Waals surface area (Å²) in [6.07, 6.45) is 5.11. The molecule has 17 heavy (non-hydrogen) atoms. The predicted octanol–water partition coefficient (Wildman–Crippen LogP) is 2.72. The Kier molecular flexibility index (Phi) is 5.49. The van der Waals surface area contributed by atoms with Crippen molar-refractivity contribution in [2.45, 2.75) is 31.7 Å². The Morgan fingerprint density at radius 3 is 2.82 bits per heavy atom. The molecule has 3 heteroatoms. The van der Waals surface area contributed by atoms with Crippen LogP contribution >= 0.6 is 15.9 Å². The molecular formula is C14H21BrN2. The van der Waals surface area contributed by atoms with E-state index in [1.165, 1.54) is 29.3 Å². The van der Waals surface area contributed by atoms with Crippen molar-refractivity contribution in [3.8, 4) is 0 Å². The van der Waals surface area contributed by atoms with Crippen LogP contribution < -0.4 is 10.6 Å². The van der Waals surface area contributed by atoms with E-state index in [4.69, 9.17) is 0 Å². The first-order chi connectivity index (χ1) is 8.34. The van der Waals surface area contributed by atoms with Crippen LogP contribution in [-0.4, -0.2) is 25.7 Å². The van der Waals surface area contributed by atoms with E-state index >= 15 is 0 Å². The molecule has 2 nitrogen and oxygen atoms in total. The topological polar surface area (TPSA) is 24.1 Å². The third-order valence-corrected chi connectivity index (χ3v) is 3.51. The van der Waals surface area contributed by atoms with Gasteiger partial charge in [0, 0.05) is 10.5 Å². The molecule has 0 atom stereocenters. The van der Waals surface area contributed by atoms with Crippen molar-refractivity contribution in [3.05, 3.63) is 34.3 Å². The summed E-state index contributed by atoms with van der Waals surface area (Å²) in [4.78, 5) is 0. The lowest BCUT2D eigenvalue weighted by molar-refractivity contribution is 0.594. The fourth-order valence-corrected chi connectivity index (χ4v) is 2.30. The van der Waals surface area contributed by atoms with Crippen LogP contribution in [-0.2, 0) is 6.42 Å². The Morgan fingerprint density at radius 2 is 2.06 bits per heavy atom. The maximum Gasteiger partial charge on any atom is 0.0178 e. The molecular weight excluding hydrogens is 276 g/mol. The minimum atomic E-state index is 0.844. The van der Waals surface area contributed by atoms with Gasteiger partial charge in [0.15, 0.2) is 0 Å². The second kappa shape index (κ2) is 7.14. The van der Waals surface area contributed by atoms with Crippen molar-refractivity contribution < 1.29 is 0 Å². The lowest BCUT2D eigenvalue weighted by atomic mass is 10.1. The summed E-state index contributed by atoms with van der Waals surface area (Å²) in [5.41, 5.74) is 1.39. The number of halogens is 1. The Bertz CT molecular complexity index is 337.